The quantitative estimate of drug-likeness (QED) is 0.226. The zero-order chi connectivity index (χ0) is 27.0. The fourth-order valence-corrected chi connectivity index (χ4v) is 4.71. The Bertz CT molecular complexity index is 1430. The molecule has 2 N–H and O–H groups in total. The number of aromatic hydroxyl groups is 1. The topological polar surface area (TPSA) is 109 Å². The number of pyridine rings is 1. The molecule has 0 bridgehead atoms. The number of aromatic nitrogens is 4. The van der Waals surface area contributed by atoms with Crippen LogP contribution < -0.4 is 5.32 Å². The molecule has 4 aromatic rings. The van der Waals surface area contributed by atoms with E-state index in [0.717, 1.165) is 58.1 Å². The maximum atomic E-state index is 12.4. The minimum atomic E-state index is -3.37. The van der Waals surface area contributed by atoms with E-state index in [0.29, 0.717) is 12.5 Å². The van der Waals surface area contributed by atoms with Crippen molar-refractivity contribution in [2.45, 2.75) is 56.9 Å². The van der Waals surface area contributed by atoms with Gasteiger partial charge in [0.2, 0.25) is 0 Å². The van der Waals surface area contributed by atoms with Gasteiger partial charge in [-0.05, 0) is 52.5 Å². The Morgan fingerprint density at radius 1 is 1.19 bits per heavy atom. The summed E-state index contributed by atoms with van der Waals surface area (Å²) < 4.78 is 36.9. The number of fused-ring (bicyclic) bond motifs is 1. The van der Waals surface area contributed by atoms with Gasteiger partial charge in [0.15, 0.2) is 27.1 Å². The van der Waals surface area contributed by atoms with Gasteiger partial charge in [-0.3, -0.25) is 4.98 Å². The SMILES string of the molecule is CCCCC(CC)c1cc(NCc2cccnc2)n2ncc(Br)c2n1.CS(=O)(=O)c1ccc(F)c(O)c1. The Hall–Kier alpha value is -3.05. The number of hydrogen-bond donors (Lipinski definition) is 2. The molecule has 0 saturated carbocycles. The molecule has 3 aromatic heterocycles. The lowest BCUT2D eigenvalue weighted by Gasteiger charge is -2.17. The molecule has 8 nitrogen and oxygen atoms in total. The molecule has 1 unspecified atom stereocenters. The fourth-order valence-electron chi connectivity index (χ4n) is 3.72. The molecule has 0 aliphatic rings. The second-order valence-electron chi connectivity index (χ2n) is 8.64. The fraction of sp³-hybridized carbons (Fsp3) is 0.346. The molecule has 4 rings (SSSR count). The highest BCUT2D eigenvalue weighted by Gasteiger charge is 2.16. The van der Waals surface area contributed by atoms with Gasteiger partial charge in [0.1, 0.15) is 5.82 Å². The number of anilines is 1. The maximum Gasteiger partial charge on any atom is 0.175 e. The molecule has 37 heavy (non-hydrogen) atoms. The molecule has 198 valence electrons. The third-order valence-electron chi connectivity index (χ3n) is 5.81. The zero-order valence-electron chi connectivity index (χ0n) is 21.0. The van der Waals surface area contributed by atoms with Crippen LogP contribution in [0.25, 0.3) is 5.65 Å². The van der Waals surface area contributed by atoms with Gasteiger partial charge < -0.3 is 10.4 Å². The molecular formula is C26H31BrFN5O3S. The second-order valence-corrected chi connectivity index (χ2v) is 11.5. The van der Waals surface area contributed by atoms with E-state index in [2.05, 4.69) is 57.3 Å². The monoisotopic (exact) mass is 591 g/mol. The summed E-state index contributed by atoms with van der Waals surface area (Å²) in [5.74, 6) is -0.0458. The van der Waals surface area contributed by atoms with Crippen LogP contribution >= 0.6 is 15.9 Å². The van der Waals surface area contributed by atoms with Crippen LogP contribution in [0.2, 0.25) is 0 Å². The number of phenolic OH excluding ortho intramolecular Hbond substituents is 1. The van der Waals surface area contributed by atoms with E-state index in [1.165, 1.54) is 19.3 Å². The van der Waals surface area contributed by atoms with Crippen LogP contribution in [-0.2, 0) is 16.4 Å². The summed E-state index contributed by atoms with van der Waals surface area (Å²) >= 11 is 3.57. The Balaban J connectivity index is 0.000000266. The van der Waals surface area contributed by atoms with E-state index in [1.54, 1.807) is 12.4 Å². The number of rotatable bonds is 9. The Morgan fingerprint density at radius 3 is 2.59 bits per heavy atom. The molecule has 0 fully saturated rings. The van der Waals surface area contributed by atoms with Gasteiger partial charge in [-0.15, -0.1) is 0 Å². The first kappa shape index (κ1) is 28.5. The molecule has 0 radical (unpaired) electrons. The maximum absolute atomic E-state index is 12.4. The second kappa shape index (κ2) is 13.0. The summed E-state index contributed by atoms with van der Waals surface area (Å²) in [5.41, 5.74) is 3.14. The molecule has 0 amide bonds. The summed E-state index contributed by atoms with van der Waals surface area (Å²) in [5, 5.41) is 16.8. The number of sulfone groups is 1. The van der Waals surface area contributed by atoms with Crippen LogP contribution in [-0.4, -0.2) is 39.4 Å². The Labute approximate surface area is 225 Å². The van der Waals surface area contributed by atoms with Gasteiger partial charge in [0.25, 0.3) is 0 Å². The molecule has 0 spiro atoms. The predicted molar refractivity (Wildman–Crippen MR) is 146 cm³/mol. The number of phenols is 1. The number of nitrogens with one attached hydrogen (secondary N) is 1. The largest absolute Gasteiger partial charge is 0.505 e. The number of unbranched alkanes of at least 4 members (excludes halogenated alkanes) is 1. The van der Waals surface area contributed by atoms with Gasteiger partial charge in [-0.2, -0.15) is 9.61 Å². The van der Waals surface area contributed by atoms with Crippen molar-refractivity contribution in [1.29, 1.82) is 0 Å². The highest BCUT2D eigenvalue weighted by atomic mass is 79.9. The summed E-state index contributed by atoms with van der Waals surface area (Å²) in [6.45, 7) is 5.17. The van der Waals surface area contributed by atoms with Crippen molar-refractivity contribution in [2.75, 3.05) is 11.6 Å². The van der Waals surface area contributed by atoms with Crippen molar-refractivity contribution in [3.63, 3.8) is 0 Å². The first-order valence-electron chi connectivity index (χ1n) is 12.0. The van der Waals surface area contributed by atoms with Crippen molar-refractivity contribution in [3.05, 3.63) is 76.5 Å². The molecule has 1 atom stereocenters. The number of nitrogens with zero attached hydrogens (tertiary/aromatic N) is 4. The lowest BCUT2D eigenvalue weighted by molar-refractivity contribution is 0.430. The summed E-state index contributed by atoms with van der Waals surface area (Å²) in [6.07, 6.45) is 11.2. The lowest BCUT2D eigenvalue weighted by Crippen LogP contribution is -2.10. The minimum Gasteiger partial charge on any atom is -0.505 e. The standard InChI is InChI=1S/C19H24BrN5.C7H7FO3S/c1-3-5-8-15(4-2)17-10-18(22-12-14-7-6-9-21-11-14)25-19(24-17)16(20)13-23-25;1-12(10,11)5-2-3-6(8)7(9)4-5/h6-7,9-11,13,15,22H,3-5,8,12H2,1-2H3;2-4,9H,1H3. The van der Waals surface area contributed by atoms with Crippen LogP contribution in [0.15, 0.2) is 64.4 Å². The van der Waals surface area contributed by atoms with Crippen molar-refractivity contribution in [3.8, 4) is 5.75 Å². The molecule has 0 aliphatic carbocycles. The van der Waals surface area contributed by atoms with Gasteiger partial charge in [-0.25, -0.2) is 17.8 Å². The Kier molecular flexibility index (Phi) is 9.99. The van der Waals surface area contributed by atoms with Crippen molar-refractivity contribution in [1.82, 2.24) is 19.6 Å². The van der Waals surface area contributed by atoms with E-state index >= 15 is 0 Å². The third kappa shape index (κ3) is 7.72. The highest BCUT2D eigenvalue weighted by molar-refractivity contribution is 9.10. The average Bonchev–Trinajstić information content (AvgIpc) is 3.26. The molecule has 11 heteroatoms. The van der Waals surface area contributed by atoms with E-state index < -0.39 is 21.4 Å². The third-order valence-corrected chi connectivity index (χ3v) is 7.48. The smallest absolute Gasteiger partial charge is 0.175 e. The van der Waals surface area contributed by atoms with Crippen LogP contribution in [0.4, 0.5) is 10.2 Å². The summed E-state index contributed by atoms with van der Waals surface area (Å²) in [4.78, 5) is 8.95. The van der Waals surface area contributed by atoms with Gasteiger partial charge >= 0.3 is 0 Å². The highest BCUT2D eigenvalue weighted by Crippen LogP contribution is 2.29. The number of halogens is 2. The van der Waals surface area contributed by atoms with Crippen LogP contribution in [0.1, 0.15) is 56.7 Å². The first-order chi connectivity index (χ1) is 17.6. The van der Waals surface area contributed by atoms with Crippen LogP contribution in [0.3, 0.4) is 0 Å². The van der Waals surface area contributed by atoms with E-state index in [9.17, 15) is 12.8 Å². The van der Waals surface area contributed by atoms with E-state index in [-0.39, 0.29) is 4.90 Å². The molecule has 0 aliphatic heterocycles. The normalized spacial score (nSPS) is 12.1. The minimum absolute atomic E-state index is 0.0959. The average molecular weight is 593 g/mol. The first-order valence-corrected chi connectivity index (χ1v) is 14.7. The number of benzene rings is 1. The van der Waals surface area contributed by atoms with Gasteiger partial charge in [0, 0.05) is 48.9 Å². The number of hydrogen-bond acceptors (Lipinski definition) is 7. The Morgan fingerprint density at radius 2 is 1.97 bits per heavy atom. The lowest BCUT2D eigenvalue weighted by atomic mass is 9.95. The molecule has 3 heterocycles. The zero-order valence-corrected chi connectivity index (χ0v) is 23.4. The van der Waals surface area contributed by atoms with Crippen molar-refractivity contribution < 1.29 is 17.9 Å². The molecule has 0 saturated heterocycles. The van der Waals surface area contributed by atoms with Gasteiger partial charge in [-0.1, -0.05) is 32.8 Å². The van der Waals surface area contributed by atoms with Crippen LogP contribution in [0, 0.1) is 5.82 Å². The van der Waals surface area contributed by atoms with Crippen molar-refractivity contribution in [2.24, 2.45) is 0 Å². The van der Waals surface area contributed by atoms with E-state index in [1.807, 2.05) is 16.8 Å². The summed E-state index contributed by atoms with van der Waals surface area (Å²) in [6, 6.07) is 9.05. The predicted octanol–water partition coefficient (Wildman–Crippen LogP) is 6.12. The van der Waals surface area contributed by atoms with E-state index in [4.69, 9.17) is 10.1 Å². The summed E-state index contributed by atoms with van der Waals surface area (Å²) in [7, 11) is -3.37. The molecule has 1 aromatic carbocycles. The van der Waals surface area contributed by atoms with Gasteiger partial charge in [0.05, 0.1) is 15.6 Å². The van der Waals surface area contributed by atoms with Crippen LogP contribution in [0.5, 0.6) is 5.75 Å². The molecular weight excluding hydrogens is 561 g/mol. The van der Waals surface area contributed by atoms with Crippen molar-refractivity contribution >= 4 is 37.2 Å².